The fraction of sp³-hybridized carbons (Fsp3) is 0.333. The number of carbonyl (C=O) groups is 1. The highest BCUT2D eigenvalue weighted by Gasteiger charge is 2.11. The van der Waals surface area contributed by atoms with Crippen molar-refractivity contribution in [1.82, 2.24) is 4.57 Å². The maximum atomic E-state index is 11.1. The summed E-state index contributed by atoms with van der Waals surface area (Å²) >= 11 is 0. The molecule has 1 heterocycles. The van der Waals surface area contributed by atoms with Gasteiger partial charge in [-0.2, -0.15) is 0 Å². The number of hydrogen-bond acceptors (Lipinski definition) is 2. The summed E-state index contributed by atoms with van der Waals surface area (Å²) in [6.45, 7) is 1.79. The summed E-state index contributed by atoms with van der Waals surface area (Å²) < 4.78 is 1.39. The summed E-state index contributed by atoms with van der Waals surface area (Å²) in [5, 5.41) is 8.62. The number of nitrogens with zero attached hydrogens (tertiary/aromatic N) is 1. The highest BCUT2D eigenvalue weighted by molar-refractivity contribution is 5.69. The smallest absolute Gasteiger partial charge is 0.308 e. The number of hydrogen-bond donors (Lipinski definition) is 1. The van der Waals surface area contributed by atoms with Gasteiger partial charge >= 0.3 is 5.97 Å². The number of pyridine rings is 1. The lowest BCUT2D eigenvalue weighted by Crippen LogP contribution is -2.24. The predicted molar refractivity (Wildman–Crippen MR) is 47.5 cm³/mol. The Morgan fingerprint density at radius 2 is 2.31 bits per heavy atom. The Hall–Kier alpha value is -1.58. The molecule has 1 aromatic heterocycles. The zero-order chi connectivity index (χ0) is 9.84. The van der Waals surface area contributed by atoms with Gasteiger partial charge in [-0.1, -0.05) is 13.0 Å². The molecule has 1 atom stereocenters. The molecule has 4 nitrogen and oxygen atoms in total. The van der Waals surface area contributed by atoms with Crippen molar-refractivity contribution in [3.05, 3.63) is 34.7 Å². The van der Waals surface area contributed by atoms with E-state index in [2.05, 4.69) is 0 Å². The fourth-order valence-electron chi connectivity index (χ4n) is 0.985. The van der Waals surface area contributed by atoms with Gasteiger partial charge in [0.2, 0.25) is 0 Å². The van der Waals surface area contributed by atoms with Crippen LogP contribution in [-0.4, -0.2) is 15.6 Å². The minimum atomic E-state index is -0.893. The van der Waals surface area contributed by atoms with Gasteiger partial charge in [-0.05, 0) is 6.07 Å². The lowest BCUT2D eigenvalue weighted by molar-refractivity contribution is -0.141. The van der Waals surface area contributed by atoms with E-state index in [4.69, 9.17) is 5.11 Å². The van der Waals surface area contributed by atoms with E-state index in [0.717, 1.165) is 0 Å². The molecule has 13 heavy (non-hydrogen) atoms. The van der Waals surface area contributed by atoms with Gasteiger partial charge in [0.05, 0.1) is 5.92 Å². The average Bonchev–Trinajstić information content (AvgIpc) is 2.08. The molecule has 0 aliphatic carbocycles. The number of aromatic nitrogens is 1. The Labute approximate surface area is 75.4 Å². The molecular weight excluding hydrogens is 170 g/mol. The molecule has 0 radical (unpaired) electrons. The molecule has 0 saturated carbocycles. The molecule has 0 fully saturated rings. The molecule has 0 saturated heterocycles. The lowest BCUT2D eigenvalue weighted by atomic mass is 10.2. The van der Waals surface area contributed by atoms with Crippen LogP contribution in [0.25, 0.3) is 0 Å². The van der Waals surface area contributed by atoms with Crippen molar-refractivity contribution in [3.63, 3.8) is 0 Å². The van der Waals surface area contributed by atoms with Crippen LogP contribution in [-0.2, 0) is 11.3 Å². The normalized spacial score (nSPS) is 12.4. The van der Waals surface area contributed by atoms with Crippen LogP contribution in [0, 0.1) is 5.92 Å². The molecule has 70 valence electrons. The largest absolute Gasteiger partial charge is 0.481 e. The number of carboxylic acid groups (broad SMARTS) is 1. The number of aliphatic carboxylic acids is 1. The maximum absolute atomic E-state index is 11.1. The van der Waals surface area contributed by atoms with E-state index >= 15 is 0 Å². The highest BCUT2D eigenvalue weighted by Crippen LogP contribution is 1.97. The Morgan fingerprint density at radius 1 is 1.62 bits per heavy atom. The summed E-state index contributed by atoms with van der Waals surface area (Å²) in [7, 11) is 0. The Bertz CT molecular complexity index is 356. The van der Waals surface area contributed by atoms with Crippen molar-refractivity contribution >= 4 is 5.97 Å². The number of carboxylic acids is 1. The van der Waals surface area contributed by atoms with Crippen LogP contribution in [0.4, 0.5) is 0 Å². The summed E-state index contributed by atoms with van der Waals surface area (Å²) in [6.07, 6.45) is 1.59. The minimum Gasteiger partial charge on any atom is -0.481 e. The maximum Gasteiger partial charge on any atom is 0.308 e. The molecule has 4 heteroatoms. The van der Waals surface area contributed by atoms with Crippen LogP contribution >= 0.6 is 0 Å². The van der Waals surface area contributed by atoms with E-state index in [0.29, 0.717) is 0 Å². The van der Waals surface area contributed by atoms with Gasteiger partial charge in [-0.25, -0.2) is 0 Å². The quantitative estimate of drug-likeness (QED) is 0.741. The molecule has 0 spiro atoms. The third-order valence-electron chi connectivity index (χ3n) is 1.79. The minimum absolute atomic E-state index is 0.171. The Kier molecular flexibility index (Phi) is 2.84. The molecule has 0 amide bonds. The molecule has 1 aromatic rings. The van der Waals surface area contributed by atoms with Crippen LogP contribution in [0.15, 0.2) is 29.2 Å². The predicted octanol–water partition coefficient (Wildman–Crippen LogP) is 0.569. The van der Waals surface area contributed by atoms with Crippen LogP contribution in [0.1, 0.15) is 6.92 Å². The number of rotatable bonds is 3. The van der Waals surface area contributed by atoms with Crippen molar-refractivity contribution in [2.75, 3.05) is 0 Å². The van der Waals surface area contributed by atoms with Crippen molar-refractivity contribution in [3.8, 4) is 0 Å². The van der Waals surface area contributed by atoms with Crippen LogP contribution < -0.4 is 5.56 Å². The summed E-state index contributed by atoms with van der Waals surface area (Å²) in [4.78, 5) is 21.6. The second-order valence-corrected chi connectivity index (χ2v) is 2.93. The first-order valence-corrected chi connectivity index (χ1v) is 3.99. The Morgan fingerprint density at radius 3 is 2.85 bits per heavy atom. The second kappa shape index (κ2) is 3.89. The molecule has 1 rings (SSSR count). The van der Waals surface area contributed by atoms with Gasteiger partial charge in [0, 0.05) is 18.8 Å². The van der Waals surface area contributed by atoms with Gasteiger partial charge in [-0.15, -0.1) is 0 Å². The van der Waals surface area contributed by atoms with Crippen LogP contribution in [0.2, 0.25) is 0 Å². The summed E-state index contributed by atoms with van der Waals surface area (Å²) in [5.41, 5.74) is -0.171. The monoisotopic (exact) mass is 181 g/mol. The van der Waals surface area contributed by atoms with Crippen LogP contribution in [0.5, 0.6) is 0 Å². The second-order valence-electron chi connectivity index (χ2n) is 2.93. The van der Waals surface area contributed by atoms with Crippen molar-refractivity contribution in [2.45, 2.75) is 13.5 Å². The van der Waals surface area contributed by atoms with E-state index in [-0.39, 0.29) is 12.1 Å². The fourth-order valence-corrected chi connectivity index (χ4v) is 0.985. The highest BCUT2D eigenvalue weighted by atomic mass is 16.4. The zero-order valence-corrected chi connectivity index (χ0v) is 7.30. The summed E-state index contributed by atoms with van der Waals surface area (Å²) in [5.74, 6) is -1.43. The SMILES string of the molecule is CC(Cn1ccccc1=O)C(=O)O. The van der Waals surface area contributed by atoms with Crippen molar-refractivity contribution < 1.29 is 9.90 Å². The molecule has 0 aliphatic rings. The topological polar surface area (TPSA) is 59.3 Å². The first kappa shape index (κ1) is 9.51. The van der Waals surface area contributed by atoms with Gasteiger partial charge in [0.15, 0.2) is 0 Å². The zero-order valence-electron chi connectivity index (χ0n) is 7.30. The molecule has 1 N–H and O–H groups in total. The molecule has 0 bridgehead atoms. The first-order valence-electron chi connectivity index (χ1n) is 3.99. The van der Waals surface area contributed by atoms with E-state index in [1.807, 2.05) is 0 Å². The van der Waals surface area contributed by atoms with E-state index in [9.17, 15) is 9.59 Å². The molecular formula is C9H11NO3. The van der Waals surface area contributed by atoms with E-state index in [1.165, 1.54) is 10.6 Å². The van der Waals surface area contributed by atoms with Gasteiger partial charge in [0.1, 0.15) is 0 Å². The third-order valence-corrected chi connectivity index (χ3v) is 1.79. The van der Waals surface area contributed by atoms with Crippen LogP contribution in [0.3, 0.4) is 0 Å². The van der Waals surface area contributed by atoms with Gasteiger partial charge in [-0.3, -0.25) is 9.59 Å². The summed E-state index contributed by atoms with van der Waals surface area (Å²) in [6, 6.07) is 4.74. The molecule has 0 aliphatic heterocycles. The molecule has 0 aromatic carbocycles. The van der Waals surface area contributed by atoms with Crippen molar-refractivity contribution in [2.24, 2.45) is 5.92 Å². The Balaban J connectivity index is 2.81. The first-order chi connectivity index (χ1) is 6.11. The van der Waals surface area contributed by atoms with Gasteiger partial charge in [0.25, 0.3) is 5.56 Å². The van der Waals surface area contributed by atoms with E-state index in [1.54, 1.807) is 25.3 Å². The van der Waals surface area contributed by atoms with Crippen molar-refractivity contribution in [1.29, 1.82) is 0 Å². The van der Waals surface area contributed by atoms with Gasteiger partial charge < -0.3 is 9.67 Å². The lowest BCUT2D eigenvalue weighted by Gasteiger charge is -2.07. The van der Waals surface area contributed by atoms with E-state index < -0.39 is 11.9 Å². The standard InChI is InChI=1S/C9H11NO3/c1-7(9(12)13)6-10-5-3-2-4-8(10)11/h2-5,7H,6H2,1H3,(H,12,13). The third kappa shape index (κ3) is 2.43. The average molecular weight is 181 g/mol. The molecule has 1 unspecified atom stereocenters.